The molecule has 2 aliphatic rings. The zero-order chi connectivity index (χ0) is 6.97. The van der Waals surface area contributed by atoms with Gasteiger partial charge in [-0.15, -0.1) is 0 Å². The molecule has 0 amide bonds. The molecule has 1 aliphatic heterocycles. The Morgan fingerprint density at radius 1 is 1.50 bits per heavy atom. The Kier molecular flexibility index (Phi) is 1.30. The average Bonchev–Trinajstić information content (AvgIpc) is 2.33. The summed E-state index contributed by atoms with van der Waals surface area (Å²) in [6, 6.07) is 0. The fourth-order valence-electron chi connectivity index (χ4n) is 1.55. The van der Waals surface area contributed by atoms with Gasteiger partial charge in [0.1, 0.15) is 0 Å². The number of hydrogen-bond acceptors (Lipinski definition) is 1. The van der Waals surface area contributed by atoms with Crippen LogP contribution in [0.25, 0.3) is 0 Å². The molecule has 0 aromatic carbocycles. The summed E-state index contributed by atoms with van der Waals surface area (Å²) < 4.78 is 5.47. The van der Waals surface area contributed by atoms with Crippen LogP contribution in [0.1, 0.15) is 26.2 Å². The number of hydrogen-bond donors (Lipinski definition) is 0. The Balaban J connectivity index is 2.18. The van der Waals surface area contributed by atoms with E-state index >= 15 is 0 Å². The van der Waals surface area contributed by atoms with E-state index in [1.54, 1.807) is 0 Å². The van der Waals surface area contributed by atoms with E-state index in [0.29, 0.717) is 0 Å². The first kappa shape index (κ1) is 6.02. The lowest BCUT2D eigenvalue weighted by molar-refractivity contribution is 0.238. The van der Waals surface area contributed by atoms with Crippen LogP contribution in [0.2, 0.25) is 0 Å². The van der Waals surface area contributed by atoms with Gasteiger partial charge in [-0.05, 0) is 18.9 Å². The summed E-state index contributed by atoms with van der Waals surface area (Å²) in [5.74, 6) is 1.26. The summed E-state index contributed by atoms with van der Waals surface area (Å²) in [5, 5.41) is 0. The first-order chi connectivity index (χ1) is 4.86. The van der Waals surface area contributed by atoms with Gasteiger partial charge in [0.25, 0.3) is 0 Å². The van der Waals surface area contributed by atoms with Gasteiger partial charge in [-0.25, -0.2) is 0 Å². The SMILES string of the molecule is CC1=CCC2=C(C1)OCC2. The Morgan fingerprint density at radius 2 is 2.40 bits per heavy atom. The molecule has 0 fully saturated rings. The molecule has 1 aliphatic carbocycles. The fraction of sp³-hybridized carbons (Fsp3) is 0.556. The van der Waals surface area contributed by atoms with Crippen LogP contribution < -0.4 is 0 Å². The predicted octanol–water partition coefficient (Wildman–Crippen LogP) is 2.40. The van der Waals surface area contributed by atoms with E-state index in [9.17, 15) is 0 Å². The molecule has 2 rings (SSSR count). The first-order valence-corrected chi connectivity index (χ1v) is 3.85. The molecule has 0 aromatic heterocycles. The van der Waals surface area contributed by atoms with Gasteiger partial charge in [0.15, 0.2) is 0 Å². The predicted molar refractivity (Wildman–Crippen MR) is 40.6 cm³/mol. The van der Waals surface area contributed by atoms with Gasteiger partial charge >= 0.3 is 0 Å². The summed E-state index contributed by atoms with van der Waals surface area (Å²) in [5.41, 5.74) is 2.99. The van der Waals surface area contributed by atoms with Crippen molar-refractivity contribution < 1.29 is 4.74 Å². The Morgan fingerprint density at radius 3 is 3.30 bits per heavy atom. The summed E-state index contributed by atoms with van der Waals surface area (Å²) in [4.78, 5) is 0. The molecule has 0 saturated heterocycles. The number of ether oxygens (including phenoxy) is 1. The topological polar surface area (TPSA) is 9.23 Å². The highest BCUT2D eigenvalue weighted by Crippen LogP contribution is 2.31. The van der Waals surface area contributed by atoms with E-state index in [1.165, 1.54) is 23.3 Å². The average molecular weight is 136 g/mol. The lowest BCUT2D eigenvalue weighted by atomic mass is 9.98. The molecular formula is C9H12O. The van der Waals surface area contributed by atoms with Crippen LogP contribution in [-0.2, 0) is 4.74 Å². The lowest BCUT2D eigenvalue weighted by Crippen LogP contribution is -1.93. The van der Waals surface area contributed by atoms with E-state index in [-0.39, 0.29) is 0 Å². The molecule has 0 spiro atoms. The van der Waals surface area contributed by atoms with Crippen molar-refractivity contribution in [1.82, 2.24) is 0 Å². The second-order valence-electron chi connectivity index (χ2n) is 3.06. The Bertz CT molecular complexity index is 211. The van der Waals surface area contributed by atoms with Crippen molar-refractivity contribution in [3.8, 4) is 0 Å². The highest BCUT2D eigenvalue weighted by atomic mass is 16.5. The molecule has 1 nitrogen and oxygen atoms in total. The van der Waals surface area contributed by atoms with Gasteiger partial charge in [-0.3, -0.25) is 0 Å². The van der Waals surface area contributed by atoms with Crippen molar-refractivity contribution in [2.24, 2.45) is 0 Å². The van der Waals surface area contributed by atoms with Crippen LogP contribution in [0.3, 0.4) is 0 Å². The molecule has 0 bridgehead atoms. The van der Waals surface area contributed by atoms with E-state index in [2.05, 4.69) is 13.0 Å². The number of rotatable bonds is 0. The molecule has 0 atom stereocenters. The lowest BCUT2D eigenvalue weighted by Gasteiger charge is -2.10. The minimum atomic E-state index is 0.922. The second-order valence-corrected chi connectivity index (χ2v) is 3.06. The molecular weight excluding hydrogens is 124 g/mol. The molecule has 0 saturated carbocycles. The standard InChI is InChI=1S/C9H12O/c1-7-2-3-8-4-5-10-9(8)6-7/h2H,3-6H2,1H3. The summed E-state index contributed by atoms with van der Waals surface area (Å²) in [7, 11) is 0. The first-order valence-electron chi connectivity index (χ1n) is 3.85. The fourth-order valence-corrected chi connectivity index (χ4v) is 1.55. The minimum Gasteiger partial charge on any atom is -0.497 e. The van der Waals surface area contributed by atoms with Crippen LogP contribution in [-0.4, -0.2) is 6.61 Å². The van der Waals surface area contributed by atoms with Gasteiger partial charge in [-0.1, -0.05) is 11.6 Å². The van der Waals surface area contributed by atoms with E-state index < -0.39 is 0 Å². The second kappa shape index (κ2) is 2.15. The van der Waals surface area contributed by atoms with Crippen molar-refractivity contribution in [2.45, 2.75) is 26.2 Å². The zero-order valence-electron chi connectivity index (χ0n) is 6.31. The Labute approximate surface area is 61.4 Å². The summed E-state index contributed by atoms with van der Waals surface area (Å²) in [6.07, 6.45) is 5.68. The maximum absolute atomic E-state index is 5.47. The van der Waals surface area contributed by atoms with E-state index in [4.69, 9.17) is 4.74 Å². The zero-order valence-corrected chi connectivity index (χ0v) is 6.31. The van der Waals surface area contributed by atoms with Crippen LogP contribution in [0.4, 0.5) is 0 Å². The van der Waals surface area contributed by atoms with Crippen LogP contribution in [0.15, 0.2) is 23.0 Å². The summed E-state index contributed by atoms with van der Waals surface area (Å²) in [6.45, 7) is 3.09. The van der Waals surface area contributed by atoms with Crippen molar-refractivity contribution in [3.05, 3.63) is 23.0 Å². The van der Waals surface area contributed by atoms with Gasteiger partial charge in [0.2, 0.25) is 0 Å². The van der Waals surface area contributed by atoms with Gasteiger partial charge in [-0.2, -0.15) is 0 Å². The molecule has 1 heterocycles. The molecule has 1 heteroatoms. The van der Waals surface area contributed by atoms with E-state index in [1.807, 2.05) is 0 Å². The third kappa shape index (κ3) is 0.859. The molecule has 0 unspecified atom stereocenters. The molecule has 54 valence electrons. The molecule has 0 radical (unpaired) electrons. The van der Waals surface area contributed by atoms with Crippen molar-refractivity contribution in [3.63, 3.8) is 0 Å². The smallest absolute Gasteiger partial charge is 0.0996 e. The maximum Gasteiger partial charge on any atom is 0.0996 e. The third-order valence-corrected chi connectivity index (χ3v) is 2.21. The normalized spacial score (nSPS) is 23.9. The van der Waals surface area contributed by atoms with Gasteiger partial charge < -0.3 is 4.74 Å². The largest absolute Gasteiger partial charge is 0.497 e. The van der Waals surface area contributed by atoms with Crippen molar-refractivity contribution >= 4 is 0 Å². The maximum atomic E-state index is 5.47. The minimum absolute atomic E-state index is 0.922. The molecule has 10 heavy (non-hydrogen) atoms. The van der Waals surface area contributed by atoms with Crippen molar-refractivity contribution in [2.75, 3.05) is 6.61 Å². The highest BCUT2D eigenvalue weighted by molar-refractivity contribution is 5.26. The molecule has 0 N–H and O–H groups in total. The van der Waals surface area contributed by atoms with E-state index in [0.717, 1.165) is 19.4 Å². The Hall–Kier alpha value is -0.720. The van der Waals surface area contributed by atoms with Crippen LogP contribution in [0, 0.1) is 0 Å². The van der Waals surface area contributed by atoms with Gasteiger partial charge in [0.05, 0.1) is 12.4 Å². The quantitative estimate of drug-likeness (QED) is 0.465. The third-order valence-electron chi connectivity index (χ3n) is 2.21. The van der Waals surface area contributed by atoms with Crippen LogP contribution >= 0.6 is 0 Å². The van der Waals surface area contributed by atoms with Gasteiger partial charge in [0, 0.05) is 12.8 Å². The molecule has 0 aromatic rings. The monoisotopic (exact) mass is 136 g/mol. The van der Waals surface area contributed by atoms with Crippen LogP contribution in [0.5, 0.6) is 0 Å². The summed E-state index contributed by atoms with van der Waals surface area (Å²) >= 11 is 0. The van der Waals surface area contributed by atoms with Crippen molar-refractivity contribution in [1.29, 1.82) is 0 Å². The highest BCUT2D eigenvalue weighted by Gasteiger charge is 2.18. The number of allylic oxidation sites excluding steroid dienone is 2.